The van der Waals surface area contributed by atoms with Gasteiger partial charge in [0.25, 0.3) is 5.91 Å². The molecule has 9 nitrogen and oxygen atoms in total. The van der Waals surface area contributed by atoms with Gasteiger partial charge in [0.2, 0.25) is 0 Å². The number of aliphatic carboxylic acids is 1. The summed E-state index contributed by atoms with van der Waals surface area (Å²) in [5.41, 5.74) is 0.454. The van der Waals surface area contributed by atoms with Crippen LogP contribution in [0.1, 0.15) is 27.7 Å². The minimum Gasteiger partial charge on any atom is -0.497 e. The summed E-state index contributed by atoms with van der Waals surface area (Å²) >= 11 is 0.711. The maximum Gasteiger partial charge on any atom is 0.324 e. The molecule has 0 spiro atoms. The Hall–Kier alpha value is -3.14. The van der Waals surface area contributed by atoms with E-state index < -0.39 is 22.8 Å². The molecular weight excluding hydrogens is 364 g/mol. The highest BCUT2D eigenvalue weighted by Gasteiger charge is 2.24. The summed E-state index contributed by atoms with van der Waals surface area (Å²) in [5, 5.41) is 22.3. The van der Waals surface area contributed by atoms with E-state index >= 15 is 0 Å². The van der Waals surface area contributed by atoms with Gasteiger partial charge in [-0.15, -0.1) is 0 Å². The largest absolute Gasteiger partial charge is 0.497 e. The number of carboxylic acid groups (broad SMARTS) is 1. The third kappa shape index (κ3) is 4.48. The Morgan fingerprint density at radius 1 is 1.27 bits per heavy atom. The molecule has 0 aliphatic heterocycles. The van der Waals surface area contributed by atoms with Gasteiger partial charge in [0, 0.05) is 17.7 Å². The number of hydrogen-bond acceptors (Lipinski definition) is 7. The number of ether oxygens (including phenoxy) is 2. The van der Waals surface area contributed by atoms with Crippen molar-refractivity contribution < 1.29 is 29.1 Å². The third-order valence-corrected chi connectivity index (χ3v) is 4.53. The van der Waals surface area contributed by atoms with Crippen molar-refractivity contribution >= 4 is 28.2 Å². The van der Waals surface area contributed by atoms with Gasteiger partial charge in [0.15, 0.2) is 0 Å². The highest BCUT2D eigenvalue weighted by Crippen LogP contribution is 2.32. The number of hydrogen-bond donors (Lipinski definition) is 2. The zero-order chi connectivity index (χ0) is 19.3. The summed E-state index contributed by atoms with van der Waals surface area (Å²) < 4.78 is 10.4. The summed E-state index contributed by atoms with van der Waals surface area (Å²) in [6, 6.07) is 6.45. The second-order valence-electron chi connectivity index (χ2n) is 5.13. The van der Waals surface area contributed by atoms with E-state index in [1.807, 2.05) is 0 Å². The van der Waals surface area contributed by atoms with Gasteiger partial charge in [-0.2, -0.15) is 0 Å². The molecule has 1 aromatic carbocycles. The topological polar surface area (TPSA) is 128 Å². The third-order valence-electron chi connectivity index (χ3n) is 3.50. The minimum absolute atomic E-state index is 0.111. The summed E-state index contributed by atoms with van der Waals surface area (Å²) in [7, 11) is 2.90. The number of nitrogens with one attached hydrogen (secondary N) is 1. The molecule has 0 bridgehead atoms. The first-order chi connectivity index (χ1) is 12.3. The van der Waals surface area contributed by atoms with Crippen LogP contribution in [0.25, 0.3) is 0 Å². The lowest BCUT2D eigenvalue weighted by Gasteiger charge is -2.20. The SMILES string of the molecule is COc1ccc(C(CC(=O)O)NC(=O)c2ccc([N+](=O)[O-])s2)c(OC)c1. The molecule has 1 unspecified atom stereocenters. The Kier molecular flexibility index (Phi) is 6.12. The van der Waals surface area contributed by atoms with Gasteiger partial charge in [-0.1, -0.05) is 11.3 Å². The number of carbonyl (C=O) groups excluding carboxylic acids is 1. The molecule has 1 amide bonds. The fourth-order valence-electron chi connectivity index (χ4n) is 2.30. The maximum atomic E-state index is 12.4. The van der Waals surface area contributed by atoms with E-state index in [2.05, 4.69) is 5.32 Å². The van der Waals surface area contributed by atoms with Crippen LogP contribution in [-0.4, -0.2) is 36.1 Å². The van der Waals surface area contributed by atoms with Crippen molar-refractivity contribution in [2.24, 2.45) is 0 Å². The summed E-state index contributed by atoms with van der Waals surface area (Å²) in [5.74, 6) is -0.856. The van der Waals surface area contributed by atoms with Gasteiger partial charge >= 0.3 is 11.0 Å². The molecule has 10 heteroatoms. The molecule has 1 aromatic heterocycles. The first kappa shape index (κ1) is 19.2. The molecular formula is C16H16N2O7S. The summed E-state index contributed by atoms with van der Waals surface area (Å²) in [4.78, 5) is 33.9. The highest BCUT2D eigenvalue weighted by atomic mass is 32.1. The molecule has 1 heterocycles. The smallest absolute Gasteiger partial charge is 0.324 e. The van der Waals surface area contributed by atoms with Crippen LogP contribution in [0.15, 0.2) is 30.3 Å². The molecule has 0 radical (unpaired) electrons. The number of thiophene rings is 1. The molecule has 138 valence electrons. The number of carboxylic acids is 1. The van der Waals surface area contributed by atoms with Crippen LogP contribution in [-0.2, 0) is 4.79 Å². The van der Waals surface area contributed by atoms with Crippen molar-refractivity contribution in [3.63, 3.8) is 0 Å². The van der Waals surface area contributed by atoms with Crippen LogP contribution in [0.4, 0.5) is 5.00 Å². The van der Waals surface area contributed by atoms with Crippen LogP contribution in [0.2, 0.25) is 0 Å². The number of benzene rings is 1. The van der Waals surface area contributed by atoms with Crippen molar-refractivity contribution in [3.8, 4) is 11.5 Å². The fraction of sp³-hybridized carbons (Fsp3) is 0.250. The van der Waals surface area contributed by atoms with E-state index in [1.54, 1.807) is 18.2 Å². The van der Waals surface area contributed by atoms with Gasteiger partial charge in [-0.05, 0) is 18.2 Å². The molecule has 0 fully saturated rings. The number of amides is 1. The Morgan fingerprint density at radius 3 is 2.54 bits per heavy atom. The molecule has 0 saturated heterocycles. The minimum atomic E-state index is -1.12. The number of nitrogens with zero attached hydrogens (tertiary/aromatic N) is 1. The van der Waals surface area contributed by atoms with E-state index in [-0.39, 0.29) is 16.3 Å². The first-order valence-corrected chi connectivity index (χ1v) is 8.16. The Labute approximate surface area is 152 Å². The molecule has 2 rings (SSSR count). The number of methoxy groups -OCH3 is 2. The zero-order valence-corrected chi connectivity index (χ0v) is 14.7. The monoisotopic (exact) mass is 380 g/mol. The lowest BCUT2D eigenvalue weighted by molar-refractivity contribution is -0.380. The predicted molar refractivity (Wildman–Crippen MR) is 93.0 cm³/mol. The van der Waals surface area contributed by atoms with Gasteiger partial charge in [0.1, 0.15) is 11.5 Å². The average molecular weight is 380 g/mol. The summed E-state index contributed by atoms with van der Waals surface area (Å²) in [6.45, 7) is 0. The number of rotatable bonds is 8. The van der Waals surface area contributed by atoms with Gasteiger partial charge in [0.05, 0.1) is 36.5 Å². The van der Waals surface area contributed by atoms with Crippen LogP contribution >= 0.6 is 11.3 Å². The van der Waals surface area contributed by atoms with Crippen molar-refractivity contribution in [2.45, 2.75) is 12.5 Å². The fourth-order valence-corrected chi connectivity index (χ4v) is 3.02. The van der Waals surface area contributed by atoms with Crippen molar-refractivity contribution in [1.82, 2.24) is 5.32 Å². The molecule has 0 aliphatic carbocycles. The molecule has 0 saturated carbocycles. The van der Waals surface area contributed by atoms with Crippen molar-refractivity contribution in [2.75, 3.05) is 14.2 Å². The Bertz CT molecular complexity index is 834. The summed E-state index contributed by atoms with van der Waals surface area (Å²) in [6.07, 6.45) is -0.387. The Morgan fingerprint density at radius 2 is 2.00 bits per heavy atom. The Balaban J connectivity index is 2.31. The van der Waals surface area contributed by atoms with Gasteiger partial charge in [-0.25, -0.2) is 0 Å². The van der Waals surface area contributed by atoms with Gasteiger partial charge in [-0.3, -0.25) is 19.7 Å². The first-order valence-electron chi connectivity index (χ1n) is 7.34. The molecule has 1 atom stereocenters. The normalized spacial score (nSPS) is 11.5. The standard InChI is InChI=1S/C16H16N2O7S/c1-24-9-3-4-10(12(7-9)25-2)11(8-15(19)20)17-16(21)13-5-6-14(26-13)18(22)23/h3-7,11H,8H2,1-2H3,(H,17,21)(H,19,20). The number of carbonyl (C=O) groups is 2. The van der Waals surface area contributed by atoms with E-state index in [9.17, 15) is 19.7 Å². The van der Waals surface area contributed by atoms with E-state index in [1.165, 1.54) is 26.4 Å². The molecule has 26 heavy (non-hydrogen) atoms. The predicted octanol–water partition coefficient (Wildman–Crippen LogP) is 2.62. The quantitative estimate of drug-likeness (QED) is 0.532. The molecule has 2 N–H and O–H groups in total. The second kappa shape index (κ2) is 8.30. The highest BCUT2D eigenvalue weighted by molar-refractivity contribution is 7.17. The zero-order valence-electron chi connectivity index (χ0n) is 13.9. The second-order valence-corrected chi connectivity index (χ2v) is 6.19. The van der Waals surface area contributed by atoms with Crippen LogP contribution < -0.4 is 14.8 Å². The van der Waals surface area contributed by atoms with Crippen LogP contribution in [0.3, 0.4) is 0 Å². The average Bonchev–Trinajstić information content (AvgIpc) is 3.10. The van der Waals surface area contributed by atoms with Crippen molar-refractivity contribution in [1.29, 1.82) is 0 Å². The van der Waals surface area contributed by atoms with Crippen molar-refractivity contribution in [3.05, 3.63) is 50.9 Å². The van der Waals surface area contributed by atoms with E-state index in [0.717, 1.165) is 0 Å². The number of nitro groups is 1. The lowest BCUT2D eigenvalue weighted by atomic mass is 10.0. The van der Waals surface area contributed by atoms with Gasteiger partial charge < -0.3 is 19.9 Å². The molecule has 2 aromatic rings. The van der Waals surface area contributed by atoms with E-state index in [4.69, 9.17) is 14.6 Å². The van der Waals surface area contributed by atoms with Crippen LogP contribution in [0.5, 0.6) is 11.5 Å². The lowest BCUT2D eigenvalue weighted by Crippen LogP contribution is -2.30. The molecule has 0 aliphatic rings. The maximum absolute atomic E-state index is 12.4. The van der Waals surface area contributed by atoms with E-state index in [0.29, 0.717) is 28.4 Å². The van der Waals surface area contributed by atoms with Crippen LogP contribution in [0, 0.1) is 10.1 Å².